The quantitative estimate of drug-likeness (QED) is 0.676. The highest BCUT2D eigenvalue weighted by Crippen LogP contribution is 2.31. The van der Waals surface area contributed by atoms with Crippen LogP contribution in [0.15, 0.2) is 12.1 Å². The fourth-order valence-electron chi connectivity index (χ4n) is 2.10. The van der Waals surface area contributed by atoms with Gasteiger partial charge in [-0.3, -0.25) is 14.9 Å². The molecule has 0 spiro atoms. The van der Waals surface area contributed by atoms with E-state index in [2.05, 4.69) is 5.32 Å². The number of nitro groups is 1. The molecular formula is C13H12FN3O3. The summed E-state index contributed by atoms with van der Waals surface area (Å²) in [5.74, 6) is -1.60. The lowest BCUT2D eigenvalue weighted by Crippen LogP contribution is -2.52. The van der Waals surface area contributed by atoms with Crippen LogP contribution in [0.2, 0.25) is 0 Å². The normalized spacial score (nSPS) is 15.8. The van der Waals surface area contributed by atoms with Crippen LogP contribution < -0.4 is 5.32 Å². The van der Waals surface area contributed by atoms with Gasteiger partial charge in [0.25, 0.3) is 11.6 Å². The first-order valence-corrected chi connectivity index (χ1v) is 6.07. The number of nitrogens with one attached hydrogen (secondary N) is 1. The SMILES string of the molecule is Cc1cc([N+](=O)[O-])cc(C(=O)NC2(C#N)CCC2)c1F. The van der Waals surface area contributed by atoms with E-state index in [-0.39, 0.29) is 11.3 Å². The van der Waals surface area contributed by atoms with E-state index < -0.39 is 27.8 Å². The summed E-state index contributed by atoms with van der Waals surface area (Å²) < 4.78 is 13.9. The van der Waals surface area contributed by atoms with Gasteiger partial charge in [-0.05, 0) is 31.7 Å². The molecule has 1 fully saturated rings. The molecule has 0 aliphatic heterocycles. The Labute approximate surface area is 114 Å². The van der Waals surface area contributed by atoms with Crippen LogP contribution in [-0.2, 0) is 0 Å². The summed E-state index contributed by atoms with van der Waals surface area (Å²) in [7, 11) is 0. The number of hydrogen-bond acceptors (Lipinski definition) is 4. The summed E-state index contributed by atoms with van der Waals surface area (Å²) in [4.78, 5) is 22.1. The van der Waals surface area contributed by atoms with Gasteiger partial charge < -0.3 is 5.32 Å². The Hall–Kier alpha value is -2.49. The van der Waals surface area contributed by atoms with Crippen LogP contribution >= 0.6 is 0 Å². The van der Waals surface area contributed by atoms with E-state index in [4.69, 9.17) is 5.26 Å². The summed E-state index contributed by atoms with van der Waals surface area (Å²) in [5, 5.41) is 22.2. The van der Waals surface area contributed by atoms with Gasteiger partial charge in [-0.1, -0.05) is 0 Å². The van der Waals surface area contributed by atoms with Gasteiger partial charge in [-0.15, -0.1) is 0 Å². The van der Waals surface area contributed by atoms with E-state index in [0.29, 0.717) is 12.8 Å². The van der Waals surface area contributed by atoms with Crippen molar-refractivity contribution in [2.45, 2.75) is 31.7 Å². The van der Waals surface area contributed by atoms with Crippen LogP contribution in [0, 0.1) is 34.2 Å². The summed E-state index contributed by atoms with van der Waals surface area (Å²) in [6.45, 7) is 1.35. The maximum Gasteiger partial charge on any atom is 0.270 e. The Morgan fingerprint density at radius 3 is 2.65 bits per heavy atom. The van der Waals surface area contributed by atoms with Crippen LogP contribution in [0.5, 0.6) is 0 Å². The lowest BCUT2D eigenvalue weighted by molar-refractivity contribution is -0.385. The number of benzene rings is 1. The molecule has 0 radical (unpaired) electrons. The van der Waals surface area contributed by atoms with Gasteiger partial charge in [0.1, 0.15) is 11.4 Å². The largest absolute Gasteiger partial charge is 0.334 e. The number of amides is 1. The monoisotopic (exact) mass is 277 g/mol. The molecule has 6 nitrogen and oxygen atoms in total. The summed E-state index contributed by atoms with van der Waals surface area (Å²) in [5.41, 5.74) is -1.71. The third-order valence-corrected chi connectivity index (χ3v) is 3.47. The molecule has 7 heteroatoms. The van der Waals surface area contributed by atoms with Gasteiger partial charge in [-0.2, -0.15) is 5.26 Å². The minimum atomic E-state index is -0.970. The van der Waals surface area contributed by atoms with Gasteiger partial charge >= 0.3 is 0 Å². The number of nitrogens with zero attached hydrogens (tertiary/aromatic N) is 2. The highest BCUT2D eigenvalue weighted by Gasteiger charge is 2.39. The molecule has 1 aromatic carbocycles. The van der Waals surface area contributed by atoms with Crippen molar-refractivity contribution in [1.29, 1.82) is 5.26 Å². The number of nitriles is 1. The van der Waals surface area contributed by atoms with Crippen molar-refractivity contribution in [3.8, 4) is 6.07 Å². The van der Waals surface area contributed by atoms with E-state index >= 15 is 0 Å². The van der Waals surface area contributed by atoms with E-state index in [1.165, 1.54) is 6.92 Å². The number of nitro benzene ring substituents is 1. The number of aryl methyl sites for hydroxylation is 1. The third kappa shape index (κ3) is 2.32. The van der Waals surface area contributed by atoms with E-state index in [0.717, 1.165) is 18.6 Å². The first-order chi connectivity index (χ1) is 9.38. The molecule has 0 heterocycles. The first-order valence-electron chi connectivity index (χ1n) is 6.07. The maximum atomic E-state index is 13.9. The summed E-state index contributed by atoms with van der Waals surface area (Å²) in [6.07, 6.45) is 1.82. The number of carbonyl (C=O) groups excluding carboxylic acids is 1. The molecule has 104 valence electrons. The van der Waals surface area contributed by atoms with Crippen molar-refractivity contribution in [1.82, 2.24) is 5.32 Å². The summed E-state index contributed by atoms with van der Waals surface area (Å²) >= 11 is 0. The molecule has 20 heavy (non-hydrogen) atoms. The minimum absolute atomic E-state index is 0.0176. The fraction of sp³-hybridized carbons (Fsp3) is 0.385. The van der Waals surface area contributed by atoms with Crippen molar-refractivity contribution < 1.29 is 14.1 Å². The van der Waals surface area contributed by atoms with E-state index in [9.17, 15) is 19.3 Å². The van der Waals surface area contributed by atoms with E-state index in [1.54, 1.807) is 0 Å². The average Bonchev–Trinajstić information content (AvgIpc) is 2.36. The molecule has 0 atom stereocenters. The zero-order valence-corrected chi connectivity index (χ0v) is 10.8. The lowest BCUT2D eigenvalue weighted by Gasteiger charge is -2.35. The Kier molecular flexibility index (Phi) is 3.40. The number of halogens is 1. The van der Waals surface area contributed by atoms with Gasteiger partial charge in [0.05, 0.1) is 16.6 Å². The topological polar surface area (TPSA) is 96.0 Å². The molecule has 0 bridgehead atoms. The molecule has 1 amide bonds. The Balaban J connectivity index is 2.34. The smallest absolute Gasteiger partial charge is 0.270 e. The van der Waals surface area contributed by atoms with Crippen molar-refractivity contribution in [3.63, 3.8) is 0 Å². The molecular weight excluding hydrogens is 265 g/mol. The number of rotatable bonds is 3. The highest BCUT2D eigenvalue weighted by molar-refractivity contribution is 5.96. The lowest BCUT2D eigenvalue weighted by atomic mass is 9.78. The van der Waals surface area contributed by atoms with Crippen LogP contribution in [0.25, 0.3) is 0 Å². The van der Waals surface area contributed by atoms with Gasteiger partial charge in [0.2, 0.25) is 0 Å². The van der Waals surface area contributed by atoms with Crippen molar-refractivity contribution >= 4 is 11.6 Å². The molecule has 0 saturated heterocycles. The molecule has 0 aromatic heterocycles. The molecule has 1 aromatic rings. The fourth-order valence-corrected chi connectivity index (χ4v) is 2.10. The molecule has 1 aliphatic rings. The second-order valence-corrected chi connectivity index (χ2v) is 4.88. The van der Waals surface area contributed by atoms with Crippen molar-refractivity contribution in [3.05, 3.63) is 39.2 Å². The molecule has 0 unspecified atom stereocenters. The standard InChI is InChI=1S/C13H12FN3O3/c1-8-5-9(17(19)20)6-10(11(8)14)12(18)16-13(7-15)3-2-4-13/h5-6H,2-4H2,1H3,(H,16,18). The molecule has 1 N–H and O–H groups in total. The predicted octanol–water partition coefficient (Wildman–Crippen LogP) is 2.22. The number of carbonyl (C=O) groups is 1. The zero-order chi connectivity index (χ0) is 14.9. The van der Waals surface area contributed by atoms with Crippen LogP contribution in [0.3, 0.4) is 0 Å². The Bertz CT molecular complexity index is 632. The average molecular weight is 277 g/mol. The van der Waals surface area contributed by atoms with Crippen molar-refractivity contribution in [2.24, 2.45) is 0 Å². The van der Waals surface area contributed by atoms with E-state index in [1.807, 2.05) is 6.07 Å². The van der Waals surface area contributed by atoms with Crippen LogP contribution in [0.1, 0.15) is 35.2 Å². The summed E-state index contributed by atoms with van der Waals surface area (Å²) in [6, 6.07) is 3.95. The second-order valence-electron chi connectivity index (χ2n) is 4.88. The molecule has 1 saturated carbocycles. The third-order valence-electron chi connectivity index (χ3n) is 3.47. The molecule has 2 rings (SSSR count). The maximum absolute atomic E-state index is 13.9. The first kappa shape index (κ1) is 13.9. The van der Waals surface area contributed by atoms with Gasteiger partial charge in [0, 0.05) is 12.1 Å². The van der Waals surface area contributed by atoms with Gasteiger partial charge in [0.15, 0.2) is 0 Å². The zero-order valence-electron chi connectivity index (χ0n) is 10.8. The second kappa shape index (κ2) is 4.89. The number of non-ortho nitro benzene ring substituents is 1. The van der Waals surface area contributed by atoms with Gasteiger partial charge in [-0.25, -0.2) is 4.39 Å². The van der Waals surface area contributed by atoms with Crippen LogP contribution in [-0.4, -0.2) is 16.4 Å². The molecule has 1 aliphatic carbocycles. The Morgan fingerprint density at radius 2 is 2.20 bits per heavy atom. The number of hydrogen-bond donors (Lipinski definition) is 1. The Morgan fingerprint density at radius 1 is 1.55 bits per heavy atom. The van der Waals surface area contributed by atoms with Crippen molar-refractivity contribution in [2.75, 3.05) is 0 Å². The van der Waals surface area contributed by atoms with Crippen LogP contribution in [0.4, 0.5) is 10.1 Å². The highest BCUT2D eigenvalue weighted by atomic mass is 19.1. The minimum Gasteiger partial charge on any atom is -0.334 e. The predicted molar refractivity (Wildman–Crippen MR) is 67.5 cm³/mol.